The van der Waals surface area contributed by atoms with Gasteiger partial charge in [0.1, 0.15) is 0 Å². The van der Waals surface area contributed by atoms with Crippen molar-refractivity contribution in [3.63, 3.8) is 0 Å². The summed E-state index contributed by atoms with van der Waals surface area (Å²) in [6, 6.07) is 7.56. The molecule has 0 spiro atoms. The lowest BCUT2D eigenvalue weighted by Crippen LogP contribution is -2.18. The minimum absolute atomic E-state index is 0.0857. The van der Waals surface area contributed by atoms with Gasteiger partial charge in [-0.15, -0.1) is 0 Å². The number of nitrogens with two attached hydrogens (primary N) is 1. The fourth-order valence-corrected chi connectivity index (χ4v) is 1.60. The number of hydrogen-bond acceptors (Lipinski definition) is 3. The molecule has 1 aromatic carbocycles. The van der Waals surface area contributed by atoms with Crippen molar-refractivity contribution in [1.29, 1.82) is 0 Å². The summed E-state index contributed by atoms with van der Waals surface area (Å²) >= 11 is 5.83. The Hall–Kier alpha value is -0.610. The van der Waals surface area contributed by atoms with Gasteiger partial charge in [0.2, 0.25) is 0 Å². The van der Waals surface area contributed by atoms with Crippen molar-refractivity contribution in [3.05, 3.63) is 34.9 Å². The largest absolute Gasteiger partial charge is 0.379 e. The Morgan fingerprint density at radius 1 is 1.18 bits per heavy atom. The smallest absolute Gasteiger partial charge is 0.0948 e. The number of rotatable bonds is 8. The van der Waals surface area contributed by atoms with Crippen molar-refractivity contribution >= 4 is 11.6 Å². The molecule has 0 amide bonds. The molecule has 4 heteroatoms. The molecule has 0 saturated heterocycles. The number of ether oxygens (including phenoxy) is 2. The van der Waals surface area contributed by atoms with Gasteiger partial charge in [0.15, 0.2) is 0 Å². The zero-order chi connectivity index (χ0) is 12.5. The van der Waals surface area contributed by atoms with Gasteiger partial charge in [0.05, 0.1) is 19.3 Å². The van der Waals surface area contributed by atoms with Crippen LogP contribution in [0.15, 0.2) is 24.3 Å². The third-order valence-corrected chi connectivity index (χ3v) is 2.60. The van der Waals surface area contributed by atoms with Crippen molar-refractivity contribution in [3.8, 4) is 0 Å². The van der Waals surface area contributed by atoms with Crippen LogP contribution in [-0.2, 0) is 9.47 Å². The van der Waals surface area contributed by atoms with E-state index in [0.29, 0.717) is 19.8 Å². The van der Waals surface area contributed by atoms with E-state index in [4.69, 9.17) is 26.8 Å². The summed E-state index contributed by atoms with van der Waals surface area (Å²) in [6.07, 6.45) is 0.940. The predicted molar refractivity (Wildman–Crippen MR) is 70.3 cm³/mol. The van der Waals surface area contributed by atoms with Crippen molar-refractivity contribution in [2.45, 2.75) is 19.4 Å². The van der Waals surface area contributed by atoms with Crippen LogP contribution in [0.4, 0.5) is 0 Å². The number of halogens is 1. The molecule has 0 bridgehead atoms. The van der Waals surface area contributed by atoms with E-state index >= 15 is 0 Å². The highest BCUT2D eigenvalue weighted by Gasteiger charge is 2.09. The Morgan fingerprint density at radius 2 is 1.88 bits per heavy atom. The molecule has 0 saturated carbocycles. The predicted octanol–water partition coefficient (Wildman–Crippen LogP) is 2.78. The summed E-state index contributed by atoms with van der Waals surface area (Å²) in [4.78, 5) is 0. The Bertz CT molecular complexity index is 303. The van der Waals surface area contributed by atoms with E-state index in [9.17, 15) is 0 Å². The van der Waals surface area contributed by atoms with Crippen LogP contribution in [-0.4, -0.2) is 26.4 Å². The fraction of sp³-hybridized carbons (Fsp3) is 0.538. The quantitative estimate of drug-likeness (QED) is 0.729. The summed E-state index contributed by atoms with van der Waals surface area (Å²) < 4.78 is 11.0. The lowest BCUT2D eigenvalue weighted by atomic mass is 10.1. The van der Waals surface area contributed by atoms with Gasteiger partial charge in [0, 0.05) is 18.2 Å². The molecule has 1 rings (SSSR count). The second-order valence-corrected chi connectivity index (χ2v) is 4.20. The zero-order valence-corrected chi connectivity index (χ0v) is 11.0. The highest BCUT2D eigenvalue weighted by Crippen LogP contribution is 2.18. The molecule has 0 radical (unpaired) electrons. The Kier molecular flexibility index (Phi) is 7.21. The minimum Gasteiger partial charge on any atom is -0.379 e. The van der Waals surface area contributed by atoms with Gasteiger partial charge in [-0.2, -0.15) is 0 Å². The molecule has 1 unspecified atom stereocenters. The van der Waals surface area contributed by atoms with E-state index in [1.807, 2.05) is 24.3 Å². The highest BCUT2D eigenvalue weighted by molar-refractivity contribution is 6.30. The van der Waals surface area contributed by atoms with Crippen molar-refractivity contribution in [2.75, 3.05) is 26.4 Å². The maximum Gasteiger partial charge on any atom is 0.0948 e. The molecule has 96 valence electrons. The highest BCUT2D eigenvalue weighted by atomic mass is 35.5. The average Bonchev–Trinajstić information content (AvgIpc) is 2.35. The molecule has 1 aromatic rings. The molecule has 0 aliphatic heterocycles. The topological polar surface area (TPSA) is 44.5 Å². The van der Waals surface area contributed by atoms with Crippen molar-refractivity contribution in [2.24, 2.45) is 5.73 Å². The molecule has 17 heavy (non-hydrogen) atoms. The third-order valence-electron chi connectivity index (χ3n) is 2.35. The molecule has 1 atom stereocenters. The molecular weight excluding hydrogens is 238 g/mol. The molecule has 0 aliphatic rings. The van der Waals surface area contributed by atoms with Crippen molar-refractivity contribution in [1.82, 2.24) is 0 Å². The van der Waals surface area contributed by atoms with Crippen LogP contribution in [0.25, 0.3) is 0 Å². The standard InChI is InChI=1S/C13H20ClNO2/c1-2-7-16-8-9-17-13(10-15)11-3-5-12(14)6-4-11/h3-6,13H,2,7-10,15H2,1H3. The van der Waals surface area contributed by atoms with Crippen LogP contribution in [0, 0.1) is 0 Å². The average molecular weight is 258 g/mol. The van der Waals surface area contributed by atoms with Gasteiger partial charge in [-0.05, 0) is 24.1 Å². The van der Waals surface area contributed by atoms with E-state index < -0.39 is 0 Å². The van der Waals surface area contributed by atoms with Gasteiger partial charge in [0.25, 0.3) is 0 Å². The molecule has 0 aromatic heterocycles. The molecule has 2 N–H and O–H groups in total. The first-order valence-corrected chi connectivity index (χ1v) is 6.30. The lowest BCUT2D eigenvalue weighted by molar-refractivity contribution is 0.00766. The molecule has 0 heterocycles. The van der Waals surface area contributed by atoms with Gasteiger partial charge in [-0.1, -0.05) is 30.7 Å². The van der Waals surface area contributed by atoms with Crippen LogP contribution < -0.4 is 5.73 Å². The second-order valence-electron chi connectivity index (χ2n) is 3.76. The van der Waals surface area contributed by atoms with E-state index in [-0.39, 0.29) is 6.10 Å². The van der Waals surface area contributed by atoms with Crippen LogP contribution in [0.5, 0.6) is 0 Å². The van der Waals surface area contributed by atoms with Crippen molar-refractivity contribution < 1.29 is 9.47 Å². The Morgan fingerprint density at radius 3 is 2.47 bits per heavy atom. The Balaban J connectivity index is 2.35. The van der Waals surface area contributed by atoms with Crippen LogP contribution in [0.1, 0.15) is 25.0 Å². The molecular formula is C13H20ClNO2. The first-order chi connectivity index (χ1) is 8.27. The maximum absolute atomic E-state index is 5.83. The van der Waals surface area contributed by atoms with Gasteiger partial charge in [-0.25, -0.2) is 0 Å². The van der Waals surface area contributed by atoms with E-state index in [2.05, 4.69) is 6.92 Å². The van der Waals surface area contributed by atoms with Gasteiger partial charge >= 0.3 is 0 Å². The maximum atomic E-state index is 5.83. The SMILES string of the molecule is CCCOCCOC(CN)c1ccc(Cl)cc1. The third kappa shape index (κ3) is 5.50. The van der Waals surface area contributed by atoms with E-state index in [1.165, 1.54) is 0 Å². The van der Waals surface area contributed by atoms with E-state index in [0.717, 1.165) is 23.6 Å². The lowest BCUT2D eigenvalue weighted by Gasteiger charge is -2.16. The summed E-state index contributed by atoms with van der Waals surface area (Å²) in [5.74, 6) is 0. The van der Waals surface area contributed by atoms with Crippen LogP contribution in [0.2, 0.25) is 5.02 Å². The zero-order valence-electron chi connectivity index (χ0n) is 10.2. The van der Waals surface area contributed by atoms with Crippen LogP contribution >= 0.6 is 11.6 Å². The fourth-order valence-electron chi connectivity index (χ4n) is 1.47. The normalized spacial score (nSPS) is 12.6. The first-order valence-electron chi connectivity index (χ1n) is 5.92. The molecule has 3 nitrogen and oxygen atoms in total. The summed E-state index contributed by atoms with van der Waals surface area (Å²) in [5.41, 5.74) is 6.73. The van der Waals surface area contributed by atoms with Gasteiger partial charge < -0.3 is 15.2 Å². The molecule has 0 fully saturated rings. The monoisotopic (exact) mass is 257 g/mol. The minimum atomic E-state index is -0.0857. The number of hydrogen-bond donors (Lipinski definition) is 1. The second kappa shape index (κ2) is 8.48. The summed E-state index contributed by atoms with van der Waals surface area (Å²) in [5, 5.41) is 0.718. The van der Waals surface area contributed by atoms with Gasteiger partial charge in [-0.3, -0.25) is 0 Å². The summed E-state index contributed by atoms with van der Waals surface area (Å²) in [7, 11) is 0. The first kappa shape index (κ1) is 14.5. The summed E-state index contributed by atoms with van der Waals surface area (Å²) in [6.45, 7) is 4.48. The molecule has 0 aliphatic carbocycles. The Labute approximate surface area is 108 Å². The van der Waals surface area contributed by atoms with E-state index in [1.54, 1.807) is 0 Å². The number of benzene rings is 1. The van der Waals surface area contributed by atoms with Crippen LogP contribution in [0.3, 0.4) is 0 Å².